The molecule has 1 N–H and O–H groups in total. The van der Waals surface area contributed by atoms with Crippen molar-refractivity contribution in [3.8, 4) is 0 Å². The topological polar surface area (TPSA) is 28.2 Å². The zero-order valence-electron chi connectivity index (χ0n) is 12.5. The highest BCUT2D eigenvalue weighted by Gasteiger charge is 2.20. The number of piperidine rings is 1. The van der Waals surface area contributed by atoms with Crippen LogP contribution in [-0.2, 0) is 6.54 Å². The molecule has 106 valence electrons. The first-order chi connectivity index (χ1) is 9.03. The Morgan fingerprint density at radius 1 is 1.32 bits per heavy atom. The molecule has 3 nitrogen and oxygen atoms in total. The summed E-state index contributed by atoms with van der Waals surface area (Å²) < 4.78 is 0. The molecule has 2 rings (SSSR count). The molecule has 3 heteroatoms. The van der Waals surface area contributed by atoms with Gasteiger partial charge in [-0.2, -0.15) is 0 Å². The lowest BCUT2D eigenvalue weighted by molar-refractivity contribution is 0.170. The van der Waals surface area contributed by atoms with Crippen LogP contribution in [0.15, 0.2) is 24.5 Å². The molecule has 0 unspecified atom stereocenters. The average Bonchev–Trinajstić information content (AvgIpc) is 2.38. The van der Waals surface area contributed by atoms with Crippen molar-refractivity contribution in [3.63, 3.8) is 0 Å². The van der Waals surface area contributed by atoms with Crippen molar-refractivity contribution in [2.75, 3.05) is 19.6 Å². The van der Waals surface area contributed by atoms with Gasteiger partial charge < -0.3 is 5.32 Å². The van der Waals surface area contributed by atoms with Gasteiger partial charge in [-0.15, -0.1) is 0 Å². The second-order valence-electron chi connectivity index (χ2n) is 6.71. The zero-order chi connectivity index (χ0) is 13.7. The summed E-state index contributed by atoms with van der Waals surface area (Å²) in [5.41, 5.74) is 1.57. The molecule has 0 radical (unpaired) electrons. The van der Waals surface area contributed by atoms with E-state index in [9.17, 15) is 0 Å². The molecule has 1 fully saturated rings. The zero-order valence-corrected chi connectivity index (χ0v) is 12.5. The van der Waals surface area contributed by atoms with Crippen LogP contribution >= 0.6 is 0 Å². The highest BCUT2D eigenvalue weighted by Crippen LogP contribution is 2.18. The van der Waals surface area contributed by atoms with Crippen LogP contribution in [0.1, 0.15) is 39.2 Å². The number of nitrogens with one attached hydrogen (secondary N) is 1. The first kappa shape index (κ1) is 14.5. The summed E-state index contributed by atoms with van der Waals surface area (Å²) in [4.78, 5) is 6.73. The van der Waals surface area contributed by atoms with Crippen molar-refractivity contribution in [1.82, 2.24) is 15.2 Å². The lowest BCUT2D eigenvalue weighted by Gasteiger charge is -2.33. The minimum absolute atomic E-state index is 0.243. The third kappa shape index (κ3) is 5.29. The fraction of sp³-hybridized carbons (Fsp3) is 0.688. The predicted octanol–water partition coefficient (Wildman–Crippen LogP) is 2.68. The van der Waals surface area contributed by atoms with Gasteiger partial charge in [0.2, 0.25) is 0 Å². The van der Waals surface area contributed by atoms with E-state index in [0.29, 0.717) is 0 Å². The van der Waals surface area contributed by atoms with Gasteiger partial charge in [0.05, 0.1) is 0 Å². The maximum atomic E-state index is 4.18. The molecule has 0 amide bonds. The Balaban J connectivity index is 1.71. The van der Waals surface area contributed by atoms with Crippen LogP contribution < -0.4 is 5.32 Å². The second kappa shape index (κ2) is 6.49. The molecule has 0 bridgehead atoms. The van der Waals surface area contributed by atoms with E-state index in [0.717, 1.165) is 19.0 Å². The molecular weight excluding hydrogens is 234 g/mol. The Kier molecular flexibility index (Phi) is 4.94. The summed E-state index contributed by atoms with van der Waals surface area (Å²) in [6.07, 6.45) is 6.44. The van der Waals surface area contributed by atoms with Crippen molar-refractivity contribution in [1.29, 1.82) is 0 Å². The van der Waals surface area contributed by atoms with Crippen molar-refractivity contribution in [2.45, 2.75) is 45.7 Å². The minimum atomic E-state index is 0.243. The Morgan fingerprint density at radius 3 is 2.63 bits per heavy atom. The summed E-state index contributed by atoms with van der Waals surface area (Å²) in [5, 5.41) is 3.63. The van der Waals surface area contributed by atoms with E-state index >= 15 is 0 Å². The standard InChI is InChI=1S/C16H27N3/c1-16(2,3)18-12-14-6-9-19(10-7-14)13-15-5-4-8-17-11-15/h4-5,8,11,14,18H,6-7,9-10,12-13H2,1-3H3. The average molecular weight is 261 g/mol. The van der Waals surface area contributed by atoms with Gasteiger partial charge in [-0.1, -0.05) is 6.07 Å². The number of likely N-dealkylation sites (tertiary alicyclic amines) is 1. The molecule has 1 aromatic heterocycles. The first-order valence-corrected chi connectivity index (χ1v) is 7.39. The van der Waals surface area contributed by atoms with Crippen molar-refractivity contribution < 1.29 is 0 Å². The van der Waals surface area contributed by atoms with E-state index < -0.39 is 0 Å². The minimum Gasteiger partial charge on any atom is -0.312 e. The molecule has 0 saturated carbocycles. The van der Waals surface area contributed by atoms with Gasteiger partial charge >= 0.3 is 0 Å². The molecular formula is C16H27N3. The molecule has 1 aliphatic rings. The van der Waals surface area contributed by atoms with Crippen LogP contribution in [0, 0.1) is 5.92 Å². The van der Waals surface area contributed by atoms with E-state index in [-0.39, 0.29) is 5.54 Å². The van der Waals surface area contributed by atoms with Crippen LogP contribution in [0.3, 0.4) is 0 Å². The van der Waals surface area contributed by atoms with Crippen molar-refractivity contribution in [2.24, 2.45) is 5.92 Å². The summed E-state index contributed by atoms with van der Waals surface area (Å²) in [5.74, 6) is 0.837. The molecule has 0 atom stereocenters. The lowest BCUT2D eigenvalue weighted by atomic mass is 9.95. The van der Waals surface area contributed by atoms with Crippen LogP contribution in [0.5, 0.6) is 0 Å². The van der Waals surface area contributed by atoms with E-state index in [4.69, 9.17) is 0 Å². The smallest absolute Gasteiger partial charge is 0.0312 e. The number of aromatic nitrogens is 1. The van der Waals surface area contributed by atoms with E-state index in [1.54, 1.807) is 0 Å². The maximum absolute atomic E-state index is 4.18. The van der Waals surface area contributed by atoms with Gasteiger partial charge in [0.1, 0.15) is 0 Å². The van der Waals surface area contributed by atoms with Gasteiger partial charge in [0.25, 0.3) is 0 Å². The SMILES string of the molecule is CC(C)(C)NCC1CCN(Cc2cccnc2)CC1. The van der Waals surface area contributed by atoms with Gasteiger partial charge in [-0.3, -0.25) is 9.88 Å². The highest BCUT2D eigenvalue weighted by atomic mass is 15.1. The third-order valence-electron chi connectivity index (χ3n) is 3.76. The van der Waals surface area contributed by atoms with E-state index in [1.807, 2.05) is 18.5 Å². The van der Waals surface area contributed by atoms with Gasteiger partial charge in [0, 0.05) is 24.5 Å². The van der Waals surface area contributed by atoms with Crippen molar-refractivity contribution >= 4 is 0 Å². The largest absolute Gasteiger partial charge is 0.312 e. The Bertz CT molecular complexity index is 361. The Labute approximate surface area is 117 Å². The molecule has 19 heavy (non-hydrogen) atoms. The highest BCUT2D eigenvalue weighted by molar-refractivity contribution is 5.08. The van der Waals surface area contributed by atoms with Crippen LogP contribution in [0.25, 0.3) is 0 Å². The van der Waals surface area contributed by atoms with Crippen LogP contribution in [0.4, 0.5) is 0 Å². The molecule has 0 aliphatic carbocycles. The molecule has 0 spiro atoms. The number of hydrogen-bond acceptors (Lipinski definition) is 3. The number of pyridine rings is 1. The predicted molar refractivity (Wildman–Crippen MR) is 80.0 cm³/mol. The molecule has 2 heterocycles. The van der Waals surface area contributed by atoms with Gasteiger partial charge in [-0.25, -0.2) is 0 Å². The maximum Gasteiger partial charge on any atom is 0.0312 e. The lowest BCUT2D eigenvalue weighted by Crippen LogP contribution is -2.42. The summed E-state index contributed by atoms with van der Waals surface area (Å²) in [7, 11) is 0. The van der Waals surface area contributed by atoms with Crippen LogP contribution in [-0.4, -0.2) is 35.1 Å². The molecule has 1 saturated heterocycles. The summed E-state index contributed by atoms with van der Waals surface area (Å²) in [6, 6.07) is 4.19. The van der Waals surface area contributed by atoms with Gasteiger partial charge in [-0.05, 0) is 70.8 Å². The van der Waals surface area contributed by atoms with E-state index in [1.165, 1.54) is 31.5 Å². The van der Waals surface area contributed by atoms with Crippen molar-refractivity contribution in [3.05, 3.63) is 30.1 Å². The molecule has 1 aromatic rings. The quantitative estimate of drug-likeness (QED) is 0.903. The van der Waals surface area contributed by atoms with E-state index in [2.05, 4.69) is 42.0 Å². The second-order valence-corrected chi connectivity index (χ2v) is 6.71. The fourth-order valence-corrected chi connectivity index (χ4v) is 2.55. The third-order valence-corrected chi connectivity index (χ3v) is 3.76. The first-order valence-electron chi connectivity index (χ1n) is 7.39. The molecule has 1 aliphatic heterocycles. The summed E-state index contributed by atoms with van der Waals surface area (Å²) in [6.45, 7) is 11.4. The van der Waals surface area contributed by atoms with Gasteiger partial charge in [0.15, 0.2) is 0 Å². The molecule has 0 aromatic carbocycles. The normalized spacial score (nSPS) is 18.7. The fourth-order valence-electron chi connectivity index (χ4n) is 2.55. The summed E-state index contributed by atoms with van der Waals surface area (Å²) >= 11 is 0. The Hall–Kier alpha value is -0.930. The number of rotatable bonds is 4. The van der Waals surface area contributed by atoms with Crippen LogP contribution in [0.2, 0.25) is 0 Å². The Morgan fingerprint density at radius 2 is 2.05 bits per heavy atom. The number of hydrogen-bond donors (Lipinski definition) is 1. The monoisotopic (exact) mass is 261 g/mol. The number of nitrogens with zero attached hydrogens (tertiary/aromatic N) is 2.